The third-order valence-corrected chi connectivity index (χ3v) is 4.27. The second-order valence-corrected chi connectivity index (χ2v) is 6.05. The number of carbonyl (C=O) groups is 2. The van der Waals surface area contributed by atoms with E-state index in [1.165, 1.54) is 4.90 Å². The van der Waals surface area contributed by atoms with Crippen LogP contribution in [0.25, 0.3) is 11.1 Å². The second-order valence-electron chi connectivity index (χ2n) is 6.05. The van der Waals surface area contributed by atoms with Gasteiger partial charge in [0.1, 0.15) is 5.75 Å². The molecule has 0 radical (unpaired) electrons. The largest absolute Gasteiger partial charge is 0.496 e. The second kappa shape index (κ2) is 8.89. The SMILES string of the molecule is CNC(=O)CC(C)N(C)C(=O)Nc1cccc(-c2ccccc2OC)c1. The molecule has 0 saturated heterocycles. The molecule has 0 aromatic heterocycles. The van der Waals surface area contributed by atoms with Crippen LogP contribution < -0.4 is 15.4 Å². The Morgan fingerprint density at radius 3 is 2.58 bits per heavy atom. The normalized spacial score (nSPS) is 11.4. The van der Waals surface area contributed by atoms with E-state index in [1.54, 1.807) is 21.2 Å². The number of hydrogen-bond donors (Lipinski definition) is 2. The highest BCUT2D eigenvalue weighted by Gasteiger charge is 2.18. The molecular formula is C20H25N3O3. The van der Waals surface area contributed by atoms with E-state index in [2.05, 4.69) is 10.6 Å². The molecule has 1 atom stereocenters. The van der Waals surface area contributed by atoms with Crippen LogP contribution in [0, 0.1) is 0 Å². The van der Waals surface area contributed by atoms with Crippen LogP contribution in [0.15, 0.2) is 48.5 Å². The van der Waals surface area contributed by atoms with E-state index >= 15 is 0 Å². The number of anilines is 1. The van der Waals surface area contributed by atoms with Crippen molar-refractivity contribution in [3.63, 3.8) is 0 Å². The lowest BCUT2D eigenvalue weighted by Gasteiger charge is -2.24. The van der Waals surface area contributed by atoms with Crippen molar-refractivity contribution in [3.8, 4) is 16.9 Å². The molecule has 0 bridgehead atoms. The van der Waals surface area contributed by atoms with Crippen molar-refractivity contribution < 1.29 is 14.3 Å². The molecule has 1 unspecified atom stereocenters. The fourth-order valence-corrected chi connectivity index (χ4v) is 2.57. The van der Waals surface area contributed by atoms with Crippen LogP contribution in [0.3, 0.4) is 0 Å². The van der Waals surface area contributed by atoms with Crippen molar-refractivity contribution in [1.82, 2.24) is 10.2 Å². The zero-order chi connectivity index (χ0) is 19.1. The number of rotatable bonds is 6. The summed E-state index contributed by atoms with van der Waals surface area (Å²) in [5.41, 5.74) is 2.58. The molecule has 0 heterocycles. The van der Waals surface area contributed by atoms with Crippen molar-refractivity contribution in [2.75, 3.05) is 26.5 Å². The van der Waals surface area contributed by atoms with Gasteiger partial charge in [0.2, 0.25) is 5.91 Å². The molecule has 0 aliphatic heterocycles. The highest BCUT2D eigenvalue weighted by atomic mass is 16.5. The maximum atomic E-state index is 12.5. The number of para-hydroxylation sites is 1. The van der Waals surface area contributed by atoms with E-state index in [0.717, 1.165) is 16.9 Å². The summed E-state index contributed by atoms with van der Waals surface area (Å²) in [5, 5.41) is 5.44. The molecule has 2 aromatic rings. The van der Waals surface area contributed by atoms with Gasteiger partial charge in [0.05, 0.1) is 7.11 Å². The van der Waals surface area contributed by atoms with Crippen LogP contribution in [0.1, 0.15) is 13.3 Å². The van der Waals surface area contributed by atoms with Gasteiger partial charge in [-0.25, -0.2) is 4.79 Å². The van der Waals surface area contributed by atoms with Gasteiger partial charge >= 0.3 is 6.03 Å². The van der Waals surface area contributed by atoms with Gasteiger partial charge in [-0.2, -0.15) is 0 Å². The summed E-state index contributed by atoms with van der Waals surface area (Å²) in [4.78, 5) is 25.5. The first-order valence-electron chi connectivity index (χ1n) is 8.44. The molecule has 6 nitrogen and oxygen atoms in total. The van der Waals surface area contributed by atoms with Gasteiger partial charge in [0.15, 0.2) is 0 Å². The molecule has 0 aliphatic rings. The minimum absolute atomic E-state index is 0.102. The van der Waals surface area contributed by atoms with Crippen LogP contribution in [-0.2, 0) is 4.79 Å². The Morgan fingerprint density at radius 1 is 1.15 bits per heavy atom. The van der Waals surface area contributed by atoms with Gasteiger partial charge in [-0.05, 0) is 30.7 Å². The van der Waals surface area contributed by atoms with E-state index in [1.807, 2.05) is 55.5 Å². The van der Waals surface area contributed by atoms with Gasteiger partial charge in [0.25, 0.3) is 0 Å². The standard InChI is InChI=1S/C20H25N3O3/c1-14(12-19(24)21-2)23(3)20(25)22-16-9-7-8-15(13-16)17-10-5-6-11-18(17)26-4/h5-11,13-14H,12H2,1-4H3,(H,21,24)(H,22,25). The van der Waals surface area contributed by atoms with Gasteiger partial charge in [-0.3, -0.25) is 4.79 Å². The zero-order valence-corrected chi connectivity index (χ0v) is 15.6. The topological polar surface area (TPSA) is 70.7 Å². The Balaban J connectivity index is 2.13. The molecule has 2 N–H and O–H groups in total. The molecule has 3 amide bonds. The average molecular weight is 355 g/mol. The summed E-state index contributed by atoms with van der Waals surface area (Å²) >= 11 is 0. The number of carbonyl (C=O) groups excluding carboxylic acids is 2. The van der Waals surface area contributed by atoms with Gasteiger partial charge < -0.3 is 20.3 Å². The van der Waals surface area contributed by atoms with Crippen LogP contribution in [0.4, 0.5) is 10.5 Å². The van der Waals surface area contributed by atoms with E-state index in [0.29, 0.717) is 5.69 Å². The number of methoxy groups -OCH3 is 1. The third kappa shape index (κ3) is 4.75. The van der Waals surface area contributed by atoms with Gasteiger partial charge in [0, 0.05) is 37.8 Å². The predicted molar refractivity (Wildman–Crippen MR) is 103 cm³/mol. The summed E-state index contributed by atoms with van der Waals surface area (Å²) in [6, 6.07) is 14.8. The Kier molecular flexibility index (Phi) is 6.60. The fourth-order valence-electron chi connectivity index (χ4n) is 2.57. The van der Waals surface area contributed by atoms with Crippen molar-refractivity contribution in [2.24, 2.45) is 0 Å². The first-order chi connectivity index (χ1) is 12.5. The summed E-state index contributed by atoms with van der Waals surface area (Å²) < 4.78 is 5.40. The number of benzene rings is 2. The van der Waals surface area contributed by atoms with Crippen LogP contribution in [0.5, 0.6) is 5.75 Å². The van der Waals surface area contributed by atoms with Crippen molar-refractivity contribution in [3.05, 3.63) is 48.5 Å². The Morgan fingerprint density at radius 2 is 1.88 bits per heavy atom. The zero-order valence-electron chi connectivity index (χ0n) is 15.6. The van der Waals surface area contributed by atoms with E-state index < -0.39 is 0 Å². The lowest BCUT2D eigenvalue weighted by Crippen LogP contribution is -2.40. The monoisotopic (exact) mass is 355 g/mol. The van der Waals surface area contributed by atoms with Gasteiger partial charge in [-0.1, -0.05) is 30.3 Å². The highest BCUT2D eigenvalue weighted by molar-refractivity contribution is 5.91. The van der Waals surface area contributed by atoms with Crippen molar-refractivity contribution >= 4 is 17.6 Å². The van der Waals surface area contributed by atoms with Crippen LogP contribution in [-0.4, -0.2) is 44.1 Å². The fraction of sp³-hybridized carbons (Fsp3) is 0.300. The minimum Gasteiger partial charge on any atom is -0.496 e. The smallest absolute Gasteiger partial charge is 0.321 e. The van der Waals surface area contributed by atoms with Crippen molar-refractivity contribution in [2.45, 2.75) is 19.4 Å². The number of ether oxygens (including phenoxy) is 1. The number of urea groups is 1. The summed E-state index contributed by atoms with van der Waals surface area (Å²) in [6.45, 7) is 1.83. The molecular weight excluding hydrogens is 330 g/mol. The molecule has 0 fully saturated rings. The molecule has 2 rings (SSSR count). The number of amides is 3. The van der Waals surface area contributed by atoms with E-state index in [-0.39, 0.29) is 24.4 Å². The van der Waals surface area contributed by atoms with Crippen molar-refractivity contribution in [1.29, 1.82) is 0 Å². The molecule has 0 spiro atoms. The maximum Gasteiger partial charge on any atom is 0.321 e. The lowest BCUT2D eigenvalue weighted by molar-refractivity contribution is -0.121. The van der Waals surface area contributed by atoms with Crippen LogP contribution in [0.2, 0.25) is 0 Å². The third-order valence-electron chi connectivity index (χ3n) is 4.27. The average Bonchev–Trinajstić information content (AvgIpc) is 2.67. The van der Waals surface area contributed by atoms with Gasteiger partial charge in [-0.15, -0.1) is 0 Å². The molecule has 0 aliphatic carbocycles. The predicted octanol–water partition coefficient (Wildman–Crippen LogP) is 3.35. The lowest BCUT2D eigenvalue weighted by atomic mass is 10.0. The first kappa shape index (κ1) is 19.3. The Hall–Kier alpha value is -3.02. The minimum atomic E-state index is -0.265. The molecule has 26 heavy (non-hydrogen) atoms. The highest BCUT2D eigenvalue weighted by Crippen LogP contribution is 2.31. The number of hydrogen-bond acceptors (Lipinski definition) is 3. The summed E-state index contributed by atoms with van der Waals surface area (Å²) in [6.07, 6.45) is 0.252. The number of nitrogens with one attached hydrogen (secondary N) is 2. The Bertz CT molecular complexity index is 776. The first-order valence-corrected chi connectivity index (χ1v) is 8.44. The molecule has 2 aromatic carbocycles. The quantitative estimate of drug-likeness (QED) is 0.835. The molecule has 0 saturated carbocycles. The summed E-state index contributed by atoms with van der Waals surface area (Å²) in [7, 11) is 4.89. The molecule has 6 heteroatoms. The number of nitrogens with zero attached hydrogens (tertiary/aromatic N) is 1. The van der Waals surface area contributed by atoms with E-state index in [9.17, 15) is 9.59 Å². The maximum absolute atomic E-state index is 12.5. The Labute approximate surface area is 154 Å². The summed E-state index contributed by atoms with van der Waals surface area (Å²) in [5.74, 6) is 0.669. The molecule has 138 valence electrons. The van der Waals surface area contributed by atoms with E-state index in [4.69, 9.17) is 4.74 Å². The van der Waals surface area contributed by atoms with Crippen LogP contribution >= 0.6 is 0 Å².